The third-order valence-corrected chi connectivity index (χ3v) is 4.22. The smallest absolute Gasteiger partial charge is 0.146 e. The third kappa shape index (κ3) is 2.43. The van der Waals surface area contributed by atoms with Gasteiger partial charge < -0.3 is 9.64 Å². The normalized spacial score (nSPS) is 27.2. The van der Waals surface area contributed by atoms with Crippen molar-refractivity contribution < 1.29 is 4.74 Å². The van der Waals surface area contributed by atoms with Crippen LogP contribution in [0.2, 0.25) is 0 Å². The molecule has 2 unspecified atom stereocenters. The van der Waals surface area contributed by atoms with Crippen molar-refractivity contribution in [3.05, 3.63) is 23.9 Å². The average Bonchev–Trinajstić information content (AvgIpc) is 2.97. The molecule has 0 bridgehead atoms. The summed E-state index contributed by atoms with van der Waals surface area (Å²) in [6.45, 7) is 2.76. The first-order chi connectivity index (χ1) is 9.40. The van der Waals surface area contributed by atoms with E-state index in [1.165, 1.54) is 19.3 Å². The van der Waals surface area contributed by atoms with E-state index in [0.717, 1.165) is 32.0 Å². The van der Waals surface area contributed by atoms with Crippen LogP contribution in [0.5, 0.6) is 0 Å². The van der Waals surface area contributed by atoms with Gasteiger partial charge in [0.1, 0.15) is 11.9 Å². The minimum absolute atomic E-state index is 0.488. The number of ether oxygens (including phenoxy) is 1. The summed E-state index contributed by atoms with van der Waals surface area (Å²) in [5.41, 5.74) is 0.686. The average molecular weight is 257 g/mol. The molecule has 1 aromatic rings. The fraction of sp³-hybridized carbons (Fsp3) is 0.600. The van der Waals surface area contributed by atoms with Crippen molar-refractivity contribution in [1.29, 1.82) is 5.26 Å². The van der Waals surface area contributed by atoms with Gasteiger partial charge >= 0.3 is 0 Å². The first-order valence-electron chi connectivity index (χ1n) is 7.09. The van der Waals surface area contributed by atoms with E-state index >= 15 is 0 Å². The largest absolute Gasteiger partial charge is 0.381 e. The molecule has 3 heterocycles. The van der Waals surface area contributed by atoms with Crippen LogP contribution in [0, 0.1) is 17.2 Å². The quantitative estimate of drug-likeness (QED) is 0.816. The van der Waals surface area contributed by atoms with Crippen molar-refractivity contribution in [2.75, 3.05) is 24.7 Å². The van der Waals surface area contributed by atoms with Crippen molar-refractivity contribution >= 4 is 5.82 Å². The molecule has 100 valence electrons. The lowest BCUT2D eigenvalue weighted by molar-refractivity contribution is 0.0454. The summed E-state index contributed by atoms with van der Waals surface area (Å²) in [6.07, 6.45) is 6.54. The maximum Gasteiger partial charge on any atom is 0.146 e. The number of nitrogens with zero attached hydrogens (tertiary/aromatic N) is 3. The van der Waals surface area contributed by atoms with E-state index in [2.05, 4.69) is 16.0 Å². The Kier molecular flexibility index (Phi) is 3.65. The van der Waals surface area contributed by atoms with Gasteiger partial charge in [0, 0.05) is 31.3 Å². The van der Waals surface area contributed by atoms with Crippen molar-refractivity contribution in [3.63, 3.8) is 0 Å². The molecule has 0 saturated carbocycles. The summed E-state index contributed by atoms with van der Waals surface area (Å²) in [5.74, 6) is 1.45. The number of aromatic nitrogens is 1. The molecule has 4 nitrogen and oxygen atoms in total. The molecular formula is C15H19N3O. The summed E-state index contributed by atoms with van der Waals surface area (Å²) < 4.78 is 5.62. The van der Waals surface area contributed by atoms with Crippen molar-refractivity contribution in [2.24, 2.45) is 5.92 Å². The van der Waals surface area contributed by atoms with Gasteiger partial charge in [0.05, 0.1) is 12.2 Å². The number of nitriles is 1. The predicted molar refractivity (Wildman–Crippen MR) is 72.9 cm³/mol. The second-order valence-electron chi connectivity index (χ2n) is 5.37. The molecule has 3 rings (SSSR count). The SMILES string of the molecule is N#Cc1cccnc1N1CCCC1C1CCCOC1. The van der Waals surface area contributed by atoms with Gasteiger partial charge in [-0.05, 0) is 37.8 Å². The van der Waals surface area contributed by atoms with Crippen LogP contribution in [0.25, 0.3) is 0 Å². The highest BCUT2D eigenvalue weighted by molar-refractivity contribution is 5.54. The molecule has 0 aromatic carbocycles. The second kappa shape index (κ2) is 5.58. The molecule has 0 amide bonds. The monoisotopic (exact) mass is 257 g/mol. The van der Waals surface area contributed by atoms with Crippen LogP contribution in [0.4, 0.5) is 5.82 Å². The first kappa shape index (κ1) is 12.4. The van der Waals surface area contributed by atoms with Gasteiger partial charge in [0.25, 0.3) is 0 Å². The van der Waals surface area contributed by atoms with Crippen molar-refractivity contribution in [3.8, 4) is 6.07 Å². The van der Waals surface area contributed by atoms with E-state index in [4.69, 9.17) is 4.74 Å². The maximum absolute atomic E-state index is 9.23. The highest BCUT2D eigenvalue weighted by Crippen LogP contribution is 2.33. The first-order valence-corrected chi connectivity index (χ1v) is 7.09. The van der Waals surface area contributed by atoms with E-state index in [1.807, 2.05) is 12.1 Å². The number of anilines is 1. The summed E-state index contributed by atoms with van der Waals surface area (Å²) in [6, 6.07) is 6.44. The zero-order chi connectivity index (χ0) is 13.1. The van der Waals surface area contributed by atoms with Crippen molar-refractivity contribution in [1.82, 2.24) is 4.98 Å². The van der Waals surface area contributed by atoms with Crippen molar-refractivity contribution in [2.45, 2.75) is 31.7 Å². The van der Waals surface area contributed by atoms with Crippen LogP contribution in [0.15, 0.2) is 18.3 Å². The van der Waals surface area contributed by atoms with Crippen LogP contribution < -0.4 is 4.90 Å². The molecule has 2 atom stereocenters. The topological polar surface area (TPSA) is 49.2 Å². The van der Waals surface area contributed by atoms with Gasteiger partial charge in [-0.3, -0.25) is 0 Å². The Morgan fingerprint density at radius 1 is 1.37 bits per heavy atom. The second-order valence-corrected chi connectivity index (χ2v) is 5.37. The Labute approximate surface area is 114 Å². The van der Waals surface area contributed by atoms with Gasteiger partial charge in [-0.15, -0.1) is 0 Å². The summed E-state index contributed by atoms with van der Waals surface area (Å²) in [7, 11) is 0. The molecule has 2 aliphatic rings. The van der Waals surface area contributed by atoms with E-state index in [9.17, 15) is 5.26 Å². The van der Waals surface area contributed by atoms with Gasteiger partial charge in [0.2, 0.25) is 0 Å². The van der Waals surface area contributed by atoms with Crippen LogP contribution >= 0.6 is 0 Å². The molecule has 0 aliphatic carbocycles. The lowest BCUT2D eigenvalue weighted by Gasteiger charge is -2.34. The maximum atomic E-state index is 9.23. The van der Waals surface area contributed by atoms with E-state index < -0.39 is 0 Å². The molecule has 19 heavy (non-hydrogen) atoms. The van der Waals surface area contributed by atoms with Gasteiger partial charge in [-0.25, -0.2) is 4.98 Å². The predicted octanol–water partition coefficient (Wildman–Crippen LogP) is 2.35. The van der Waals surface area contributed by atoms with Crippen LogP contribution in [-0.2, 0) is 4.74 Å². The Morgan fingerprint density at radius 3 is 3.11 bits per heavy atom. The Bertz CT molecular complexity index is 477. The molecule has 0 radical (unpaired) electrons. The third-order valence-electron chi connectivity index (χ3n) is 4.22. The van der Waals surface area contributed by atoms with E-state index in [0.29, 0.717) is 17.5 Å². The Hall–Kier alpha value is -1.60. The standard InChI is InChI=1S/C15H19N3O/c16-10-12-4-1-7-17-15(12)18-8-2-6-14(18)13-5-3-9-19-11-13/h1,4,7,13-14H,2-3,5-6,8-9,11H2. The zero-order valence-electron chi connectivity index (χ0n) is 11.1. The fourth-order valence-corrected chi connectivity index (χ4v) is 3.33. The highest BCUT2D eigenvalue weighted by Gasteiger charge is 2.34. The van der Waals surface area contributed by atoms with Gasteiger partial charge in [0.15, 0.2) is 0 Å². The lowest BCUT2D eigenvalue weighted by atomic mass is 9.92. The number of hydrogen-bond donors (Lipinski definition) is 0. The lowest BCUT2D eigenvalue weighted by Crippen LogP contribution is -2.40. The number of rotatable bonds is 2. The van der Waals surface area contributed by atoms with E-state index in [-0.39, 0.29) is 0 Å². The Balaban J connectivity index is 1.84. The molecule has 0 N–H and O–H groups in total. The number of hydrogen-bond acceptors (Lipinski definition) is 4. The molecule has 2 aliphatic heterocycles. The summed E-state index contributed by atoms with van der Waals surface area (Å²) >= 11 is 0. The fourth-order valence-electron chi connectivity index (χ4n) is 3.33. The number of pyridine rings is 1. The van der Waals surface area contributed by atoms with Crippen LogP contribution in [0.1, 0.15) is 31.2 Å². The minimum atomic E-state index is 0.488. The van der Waals surface area contributed by atoms with Gasteiger partial charge in [-0.2, -0.15) is 5.26 Å². The molecule has 0 spiro atoms. The molecule has 4 heteroatoms. The molecule has 2 saturated heterocycles. The molecular weight excluding hydrogens is 238 g/mol. The molecule has 1 aromatic heterocycles. The van der Waals surface area contributed by atoms with Crippen LogP contribution in [-0.4, -0.2) is 30.8 Å². The summed E-state index contributed by atoms with van der Waals surface area (Å²) in [5, 5.41) is 9.23. The van der Waals surface area contributed by atoms with E-state index in [1.54, 1.807) is 6.20 Å². The highest BCUT2D eigenvalue weighted by atomic mass is 16.5. The minimum Gasteiger partial charge on any atom is -0.381 e. The Morgan fingerprint density at radius 2 is 2.32 bits per heavy atom. The van der Waals surface area contributed by atoms with Gasteiger partial charge in [-0.1, -0.05) is 0 Å². The van der Waals surface area contributed by atoms with Crippen LogP contribution in [0.3, 0.4) is 0 Å². The molecule has 2 fully saturated rings. The zero-order valence-corrected chi connectivity index (χ0v) is 11.1. The summed E-state index contributed by atoms with van der Waals surface area (Å²) in [4.78, 5) is 6.77.